The molecule has 0 radical (unpaired) electrons. The van der Waals surface area contributed by atoms with Crippen molar-refractivity contribution in [1.82, 2.24) is 9.55 Å². The van der Waals surface area contributed by atoms with Gasteiger partial charge >= 0.3 is 6.03 Å². The van der Waals surface area contributed by atoms with Crippen LogP contribution in [0.2, 0.25) is 5.15 Å². The van der Waals surface area contributed by atoms with E-state index in [9.17, 15) is 14.7 Å². The first-order chi connectivity index (χ1) is 12.9. The first kappa shape index (κ1) is 18.5. The summed E-state index contributed by atoms with van der Waals surface area (Å²) in [6, 6.07) is 14.8. The Kier molecular flexibility index (Phi) is 5.42. The number of phenolic OH excluding ortho intramolecular Hbond substituents is 1. The van der Waals surface area contributed by atoms with Crippen molar-refractivity contribution in [3.63, 3.8) is 0 Å². The third-order valence-electron chi connectivity index (χ3n) is 3.88. The lowest BCUT2D eigenvalue weighted by molar-refractivity contribution is 0.262. The van der Waals surface area contributed by atoms with Crippen molar-refractivity contribution >= 4 is 29.1 Å². The highest BCUT2D eigenvalue weighted by atomic mass is 35.5. The quantitative estimate of drug-likeness (QED) is 0.640. The molecule has 2 amide bonds. The van der Waals surface area contributed by atoms with Gasteiger partial charge < -0.3 is 15.0 Å². The molecule has 1 heterocycles. The maximum atomic E-state index is 12.7. The van der Waals surface area contributed by atoms with E-state index in [0.717, 1.165) is 5.56 Å². The van der Waals surface area contributed by atoms with Crippen LogP contribution < -0.4 is 16.2 Å². The number of halogens is 1. The fraction of sp³-hybridized carbons (Fsp3) is 0.105. The molecule has 0 bridgehead atoms. The molecular formula is C19H17ClN4O3. The molecule has 3 rings (SSSR count). The number of hydrogen-bond acceptors (Lipinski definition) is 4. The molecule has 8 heteroatoms. The summed E-state index contributed by atoms with van der Waals surface area (Å²) in [5.41, 5.74) is 1.33. The number of phenols is 1. The van der Waals surface area contributed by atoms with Crippen molar-refractivity contribution in [2.24, 2.45) is 0 Å². The van der Waals surface area contributed by atoms with Crippen LogP contribution in [0.1, 0.15) is 11.3 Å². The normalized spacial score (nSPS) is 10.4. The monoisotopic (exact) mass is 384 g/mol. The highest BCUT2D eigenvalue weighted by Crippen LogP contribution is 2.17. The van der Waals surface area contributed by atoms with Gasteiger partial charge in [0.05, 0.1) is 12.2 Å². The summed E-state index contributed by atoms with van der Waals surface area (Å²) in [4.78, 5) is 28.9. The molecule has 1 aromatic heterocycles. The first-order valence-corrected chi connectivity index (χ1v) is 8.50. The fourth-order valence-electron chi connectivity index (χ4n) is 2.51. The van der Waals surface area contributed by atoms with Crippen molar-refractivity contribution in [3.8, 4) is 5.75 Å². The summed E-state index contributed by atoms with van der Waals surface area (Å²) >= 11 is 6.15. The Bertz CT molecular complexity index is 1030. The van der Waals surface area contributed by atoms with Gasteiger partial charge in [-0.15, -0.1) is 0 Å². The zero-order valence-corrected chi connectivity index (χ0v) is 15.2. The van der Waals surface area contributed by atoms with E-state index < -0.39 is 11.6 Å². The standard InChI is InChI=1S/C19H17ClN4O3/c1-12-16(20)22-17(18(26)24(12)11-13-6-3-2-4-7-13)23-19(27)21-14-8-5-9-15(25)10-14/h2-10,25H,11H2,1H3,(H2,21,22,23,27). The van der Waals surface area contributed by atoms with Crippen LogP contribution in [0, 0.1) is 6.92 Å². The van der Waals surface area contributed by atoms with Gasteiger partial charge in [-0.1, -0.05) is 48.0 Å². The van der Waals surface area contributed by atoms with Crippen LogP contribution >= 0.6 is 11.6 Å². The van der Waals surface area contributed by atoms with E-state index in [4.69, 9.17) is 11.6 Å². The molecule has 3 aromatic rings. The minimum atomic E-state index is -0.670. The predicted molar refractivity (Wildman–Crippen MR) is 105 cm³/mol. The molecule has 3 N–H and O–H groups in total. The summed E-state index contributed by atoms with van der Waals surface area (Å²) < 4.78 is 1.45. The second-order valence-corrected chi connectivity index (χ2v) is 6.20. The van der Waals surface area contributed by atoms with Crippen molar-refractivity contribution in [2.75, 3.05) is 10.6 Å². The fourth-order valence-corrected chi connectivity index (χ4v) is 2.70. The van der Waals surface area contributed by atoms with Crippen LogP contribution in [0.15, 0.2) is 59.4 Å². The largest absolute Gasteiger partial charge is 0.508 e. The summed E-state index contributed by atoms with van der Waals surface area (Å²) in [5, 5.41) is 14.5. The van der Waals surface area contributed by atoms with E-state index in [-0.39, 0.29) is 16.7 Å². The molecule has 27 heavy (non-hydrogen) atoms. The number of carbonyl (C=O) groups excluding carboxylic acids is 1. The van der Waals surface area contributed by atoms with Crippen LogP contribution in [0.3, 0.4) is 0 Å². The van der Waals surface area contributed by atoms with Gasteiger partial charge in [-0.05, 0) is 24.6 Å². The van der Waals surface area contributed by atoms with E-state index in [1.165, 1.54) is 16.7 Å². The van der Waals surface area contributed by atoms with E-state index in [1.807, 2.05) is 30.3 Å². The Balaban J connectivity index is 1.85. The van der Waals surface area contributed by atoms with Gasteiger partial charge in [0.25, 0.3) is 5.56 Å². The smallest absolute Gasteiger partial charge is 0.325 e. The molecule has 2 aromatic carbocycles. The molecule has 0 saturated carbocycles. The highest BCUT2D eigenvalue weighted by molar-refractivity contribution is 6.30. The number of nitrogens with zero attached hydrogens (tertiary/aromatic N) is 2. The number of nitrogens with one attached hydrogen (secondary N) is 2. The molecule has 0 spiro atoms. The highest BCUT2D eigenvalue weighted by Gasteiger charge is 2.15. The second-order valence-electron chi connectivity index (χ2n) is 5.84. The lowest BCUT2D eigenvalue weighted by Crippen LogP contribution is -2.31. The maximum absolute atomic E-state index is 12.7. The van der Waals surface area contributed by atoms with Crippen molar-refractivity contribution in [1.29, 1.82) is 0 Å². The number of amides is 2. The average Bonchev–Trinajstić information content (AvgIpc) is 2.64. The lowest BCUT2D eigenvalue weighted by atomic mass is 10.2. The zero-order chi connectivity index (χ0) is 19.4. The number of aromatic hydroxyl groups is 1. The number of urea groups is 1. The Labute approximate surface area is 160 Å². The number of anilines is 2. The Hall–Kier alpha value is -3.32. The van der Waals surface area contributed by atoms with E-state index in [2.05, 4.69) is 15.6 Å². The molecule has 0 aliphatic heterocycles. The van der Waals surface area contributed by atoms with Crippen molar-refractivity contribution < 1.29 is 9.90 Å². The molecule has 0 unspecified atom stereocenters. The van der Waals surface area contributed by atoms with Crippen molar-refractivity contribution in [3.05, 3.63) is 81.4 Å². The van der Waals surface area contributed by atoms with Crippen LogP contribution in [-0.4, -0.2) is 20.7 Å². The third-order valence-corrected chi connectivity index (χ3v) is 4.24. The molecule has 0 aliphatic rings. The van der Waals surface area contributed by atoms with Crippen molar-refractivity contribution in [2.45, 2.75) is 13.5 Å². The van der Waals surface area contributed by atoms with Gasteiger partial charge in [0.15, 0.2) is 5.15 Å². The van der Waals surface area contributed by atoms with Gasteiger partial charge in [0, 0.05) is 11.8 Å². The summed E-state index contributed by atoms with van der Waals surface area (Å²) in [7, 11) is 0. The number of aromatic nitrogens is 2. The summed E-state index contributed by atoms with van der Waals surface area (Å²) in [6.45, 7) is 1.99. The van der Waals surface area contributed by atoms with Crippen LogP contribution in [0.25, 0.3) is 0 Å². The van der Waals surface area contributed by atoms with E-state index in [0.29, 0.717) is 17.9 Å². The van der Waals surface area contributed by atoms with Gasteiger partial charge in [-0.3, -0.25) is 10.1 Å². The molecule has 0 saturated heterocycles. The zero-order valence-electron chi connectivity index (χ0n) is 14.4. The third kappa shape index (κ3) is 4.45. The van der Waals surface area contributed by atoms with Gasteiger partial charge in [-0.2, -0.15) is 0 Å². The SMILES string of the molecule is Cc1c(Cl)nc(NC(=O)Nc2cccc(O)c2)c(=O)n1Cc1ccccc1. The lowest BCUT2D eigenvalue weighted by Gasteiger charge is -2.14. The van der Waals surface area contributed by atoms with E-state index >= 15 is 0 Å². The Morgan fingerprint density at radius 1 is 1.15 bits per heavy atom. The summed E-state index contributed by atoms with van der Waals surface area (Å²) in [6.07, 6.45) is 0. The van der Waals surface area contributed by atoms with Crippen LogP contribution in [-0.2, 0) is 6.54 Å². The molecule has 138 valence electrons. The number of carbonyl (C=O) groups is 1. The second kappa shape index (κ2) is 7.92. The molecule has 0 aliphatic carbocycles. The van der Waals surface area contributed by atoms with Gasteiger partial charge in [0.1, 0.15) is 5.75 Å². The molecule has 7 nitrogen and oxygen atoms in total. The molecule has 0 atom stereocenters. The minimum absolute atomic E-state index is 0.00882. The molecular weight excluding hydrogens is 368 g/mol. The average molecular weight is 385 g/mol. The first-order valence-electron chi connectivity index (χ1n) is 8.12. The number of benzene rings is 2. The Morgan fingerprint density at radius 2 is 1.89 bits per heavy atom. The predicted octanol–water partition coefficient (Wildman–Crippen LogP) is 3.60. The Morgan fingerprint density at radius 3 is 2.59 bits per heavy atom. The van der Waals surface area contributed by atoms with E-state index in [1.54, 1.807) is 19.1 Å². The van der Waals surface area contributed by atoms with Crippen LogP contribution in [0.5, 0.6) is 5.75 Å². The topological polar surface area (TPSA) is 96.2 Å². The van der Waals surface area contributed by atoms with Gasteiger partial charge in [0.2, 0.25) is 5.82 Å². The minimum Gasteiger partial charge on any atom is -0.508 e. The number of hydrogen-bond donors (Lipinski definition) is 3. The molecule has 0 fully saturated rings. The summed E-state index contributed by atoms with van der Waals surface area (Å²) in [5.74, 6) is -0.172. The van der Waals surface area contributed by atoms with Gasteiger partial charge in [-0.25, -0.2) is 9.78 Å². The van der Waals surface area contributed by atoms with Crippen LogP contribution in [0.4, 0.5) is 16.3 Å². The number of rotatable bonds is 4. The maximum Gasteiger partial charge on any atom is 0.325 e.